The van der Waals surface area contributed by atoms with Crippen LogP contribution in [0.2, 0.25) is 5.15 Å². The van der Waals surface area contributed by atoms with Crippen LogP contribution < -0.4 is 11.2 Å². The monoisotopic (exact) mass is 324 g/mol. The summed E-state index contributed by atoms with van der Waals surface area (Å²) in [7, 11) is 0. The fourth-order valence-electron chi connectivity index (χ4n) is 2.99. The van der Waals surface area contributed by atoms with Crippen molar-refractivity contribution in [1.82, 2.24) is 9.55 Å². The minimum atomic E-state index is -0.433. The van der Waals surface area contributed by atoms with Crippen LogP contribution >= 0.6 is 22.9 Å². The van der Waals surface area contributed by atoms with E-state index in [1.165, 1.54) is 4.57 Å². The van der Waals surface area contributed by atoms with Gasteiger partial charge in [-0.25, -0.2) is 4.79 Å². The molecule has 0 saturated heterocycles. The predicted molar refractivity (Wildman–Crippen MR) is 85.7 cm³/mol. The number of H-pyrrole nitrogens is 1. The quantitative estimate of drug-likeness (QED) is 0.881. The Morgan fingerprint density at radius 1 is 1.33 bits per heavy atom. The SMILES string of the molecule is Cc1cscc1Cn1c(=O)[nH]c(Cl)c(C2CCCC2)c1=O. The molecule has 0 radical (unpaired) electrons. The maximum absolute atomic E-state index is 12.7. The molecule has 1 aliphatic carbocycles. The molecule has 21 heavy (non-hydrogen) atoms. The molecule has 3 rings (SSSR count). The highest BCUT2D eigenvalue weighted by Gasteiger charge is 2.25. The molecule has 4 nitrogen and oxygen atoms in total. The molecule has 1 aliphatic rings. The first-order valence-electron chi connectivity index (χ1n) is 7.12. The summed E-state index contributed by atoms with van der Waals surface area (Å²) >= 11 is 7.71. The zero-order chi connectivity index (χ0) is 15.0. The summed E-state index contributed by atoms with van der Waals surface area (Å²) in [4.78, 5) is 27.4. The van der Waals surface area contributed by atoms with Crippen molar-refractivity contribution in [2.24, 2.45) is 0 Å². The fraction of sp³-hybridized carbons (Fsp3) is 0.467. The minimum Gasteiger partial charge on any atom is -0.297 e. The first-order chi connectivity index (χ1) is 10.1. The molecule has 0 spiro atoms. The Labute approximate surface area is 131 Å². The Hall–Kier alpha value is -1.33. The summed E-state index contributed by atoms with van der Waals surface area (Å²) < 4.78 is 1.27. The van der Waals surface area contributed by atoms with Crippen LogP contribution in [0.25, 0.3) is 0 Å². The second-order valence-electron chi connectivity index (χ2n) is 5.61. The van der Waals surface area contributed by atoms with E-state index < -0.39 is 5.69 Å². The van der Waals surface area contributed by atoms with E-state index >= 15 is 0 Å². The number of aryl methyl sites for hydroxylation is 1. The highest BCUT2D eigenvalue weighted by molar-refractivity contribution is 7.08. The van der Waals surface area contributed by atoms with Gasteiger partial charge in [0.1, 0.15) is 5.15 Å². The van der Waals surface area contributed by atoms with Crippen molar-refractivity contribution in [3.63, 3.8) is 0 Å². The highest BCUT2D eigenvalue weighted by Crippen LogP contribution is 2.34. The van der Waals surface area contributed by atoms with Gasteiger partial charge in [-0.3, -0.25) is 14.3 Å². The lowest BCUT2D eigenvalue weighted by molar-refractivity contribution is 0.640. The van der Waals surface area contributed by atoms with Crippen LogP contribution in [-0.4, -0.2) is 9.55 Å². The number of halogens is 1. The number of thiophene rings is 1. The lowest BCUT2D eigenvalue weighted by atomic mass is 10.0. The number of aromatic amines is 1. The third-order valence-corrected chi connectivity index (χ3v) is 5.44. The summed E-state index contributed by atoms with van der Waals surface area (Å²) in [5.74, 6) is 0.177. The van der Waals surface area contributed by atoms with Crippen molar-refractivity contribution in [3.8, 4) is 0 Å². The molecule has 0 aliphatic heterocycles. The standard InChI is InChI=1S/C15H17ClN2O2S/c1-9-7-21-8-11(9)6-18-14(19)12(10-4-2-3-5-10)13(16)17-15(18)20/h7-8,10H,2-6H2,1H3,(H,17,20). The van der Waals surface area contributed by atoms with E-state index in [-0.39, 0.29) is 16.6 Å². The van der Waals surface area contributed by atoms with Crippen molar-refractivity contribution in [1.29, 1.82) is 0 Å². The van der Waals surface area contributed by atoms with Crippen LogP contribution in [0.1, 0.15) is 48.3 Å². The van der Waals surface area contributed by atoms with Gasteiger partial charge in [-0.1, -0.05) is 24.4 Å². The molecule has 6 heteroatoms. The topological polar surface area (TPSA) is 54.9 Å². The number of rotatable bonds is 3. The van der Waals surface area contributed by atoms with Crippen molar-refractivity contribution in [2.45, 2.75) is 45.1 Å². The lowest BCUT2D eigenvalue weighted by Crippen LogP contribution is -2.38. The fourth-order valence-corrected chi connectivity index (χ4v) is 4.16. The van der Waals surface area contributed by atoms with Gasteiger partial charge < -0.3 is 0 Å². The summed E-state index contributed by atoms with van der Waals surface area (Å²) in [6.07, 6.45) is 4.17. The zero-order valence-corrected chi connectivity index (χ0v) is 13.4. The number of hydrogen-bond acceptors (Lipinski definition) is 3. The van der Waals surface area contributed by atoms with Crippen molar-refractivity contribution in [3.05, 3.63) is 53.4 Å². The first-order valence-corrected chi connectivity index (χ1v) is 8.44. The Kier molecular flexibility index (Phi) is 4.04. The third-order valence-electron chi connectivity index (χ3n) is 4.23. The minimum absolute atomic E-state index is 0.177. The van der Waals surface area contributed by atoms with E-state index in [9.17, 15) is 9.59 Å². The Morgan fingerprint density at radius 3 is 2.67 bits per heavy atom. The summed E-state index contributed by atoms with van der Waals surface area (Å²) in [6, 6.07) is 0. The van der Waals surface area contributed by atoms with E-state index in [0.29, 0.717) is 12.1 Å². The Bertz CT molecular complexity index is 769. The van der Waals surface area contributed by atoms with Gasteiger partial charge in [0.25, 0.3) is 5.56 Å². The van der Waals surface area contributed by atoms with Gasteiger partial charge in [-0.05, 0) is 47.6 Å². The molecule has 0 unspecified atom stereocenters. The second-order valence-corrected chi connectivity index (χ2v) is 6.73. The van der Waals surface area contributed by atoms with Crippen LogP contribution in [0.3, 0.4) is 0 Å². The molecule has 112 valence electrons. The van der Waals surface area contributed by atoms with Gasteiger partial charge in [0.05, 0.1) is 12.1 Å². The molecule has 2 heterocycles. The number of hydrogen-bond donors (Lipinski definition) is 1. The molecule has 0 aromatic carbocycles. The van der Waals surface area contributed by atoms with Crippen molar-refractivity contribution >= 4 is 22.9 Å². The molecular formula is C15H17ClN2O2S. The lowest BCUT2D eigenvalue weighted by Gasteiger charge is -2.13. The Morgan fingerprint density at radius 2 is 2.05 bits per heavy atom. The second kappa shape index (κ2) is 5.81. The summed E-state index contributed by atoms with van der Waals surface area (Å²) in [5.41, 5.74) is 2.02. The predicted octanol–water partition coefficient (Wildman–Crippen LogP) is 3.27. The van der Waals surface area contributed by atoms with E-state index in [4.69, 9.17) is 11.6 Å². The number of nitrogens with zero attached hydrogens (tertiary/aromatic N) is 1. The van der Waals surface area contributed by atoms with Gasteiger partial charge in [-0.15, -0.1) is 0 Å². The van der Waals surface area contributed by atoms with Gasteiger partial charge in [-0.2, -0.15) is 11.3 Å². The third kappa shape index (κ3) is 2.72. The average Bonchev–Trinajstić information content (AvgIpc) is 3.07. The highest BCUT2D eigenvalue weighted by atomic mass is 35.5. The zero-order valence-electron chi connectivity index (χ0n) is 11.8. The molecule has 1 saturated carbocycles. The smallest absolute Gasteiger partial charge is 0.297 e. The Balaban J connectivity index is 2.08. The molecule has 0 atom stereocenters. The molecule has 2 aromatic heterocycles. The molecule has 2 aromatic rings. The van der Waals surface area contributed by atoms with Crippen LogP contribution in [0.5, 0.6) is 0 Å². The number of aromatic nitrogens is 2. The molecule has 1 fully saturated rings. The van der Waals surface area contributed by atoms with E-state index in [1.54, 1.807) is 11.3 Å². The van der Waals surface area contributed by atoms with E-state index in [1.807, 2.05) is 17.7 Å². The number of nitrogens with one attached hydrogen (secondary N) is 1. The van der Waals surface area contributed by atoms with Crippen molar-refractivity contribution in [2.75, 3.05) is 0 Å². The van der Waals surface area contributed by atoms with Gasteiger partial charge >= 0.3 is 5.69 Å². The van der Waals surface area contributed by atoms with Crippen LogP contribution in [-0.2, 0) is 6.54 Å². The van der Waals surface area contributed by atoms with Crippen molar-refractivity contribution < 1.29 is 0 Å². The van der Waals surface area contributed by atoms with Crippen LogP contribution in [0.15, 0.2) is 20.3 Å². The normalized spacial score (nSPS) is 15.7. The summed E-state index contributed by atoms with van der Waals surface area (Å²) in [5, 5.41) is 4.21. The molecule has 0 bridgehead atoms. The van der Waals surface area contributed by atoms with Gasteiger partial charge in [0.2, 0.25) is 0 Å². The first kappa shape index (κ1) is 14.6. The molecule has 0 amide bonds. The van der Waals surface area contributed by atoms with Gasteiger partial charge in [0, 0.05) is 0 Å². The maximum Gasteiger partial charge on any atom is 0.329 e. The maximum atomic E-state index is 12.7. The van der Waals surface area contributed by atoms with E-state index in [2.05, 4.69) is 4.98 Å². The van der Waals surface area contributed by atoms with Gasteiger partial charge in [0.15, 0.2) is 0 Å². The average molecular weight is 325 g/mol. The van der Waals surface area contributed by atoms with Crippen LogP contribution in [0, 0.1) is 6.92 Å². The van der Waals surface area contributed by atoms with Crippen LogP contribution in [0.4, 0.5) is 0 Å². The largest absolute Gasteiger partial charge is 0.329 e. The van der Waals surface area contributed by atoms with E-state index in [0.717, 1.165) is 36.8 Å². The molecule has 1 N–H and O–H groups in total. The molecular weight excluding hydrogens is 308 g/mol. The summed E-state index contributed by atoms with van der Waals surface area (Å²) in [6.45, 7) is 2.29.